The maximum atomic E-state index is 16.1. The molecular formula is C66H66F6N10O6. The molecule has 7 saturated heterocycles. The second kappa shape index (κ2) is 25.4. The van der Waals surface area contributed by atoms with E-state index in [1.165, 1.54) is 101 Å². The van der Waals surface area contributed by atoms with Crippen LogP contribution in [-0.4, -0.2) is 167 Å². The summed E-state index contributed by atoms with van der Waals surface area (Å²) in [7, 11) is 2.82. The van der Waals surface area contributed by atoms with Crippen molar-refractivity contribution in [2.45, 2.75) is 82.4 Å². The van der Waals surface area contributed by atoms with Gasteiger partial charge in [-0.2, -0.15) is 19.9 Å². The number of phenols is 2. The lowest BCUT2D eigenvalue weighted by Gasteiger charge is -2.31. The lowest BCUT2D eigenvalue weighted by Crippen LogP contribution is -2.39. The zero-order valence-corrected chi connectivity index (χ0v) is 49.0. The van der Waals surface area contributed by atoms with Gasteiger partial charge in [0, 0.05) is 91.6 Å². The standard InChI is InChI=1S/C26H20F2N4O3.C26H22F2N4O3.2C7H12FN/c1-3-17-20(27)5-4-14-7-15(33)8-18(21(14)17)23-22(28)24-19(9-29-23)25(31-26(30-24)34-2)32-10-13-6-16(11-32)35-12-13;1-4-17-20(27)6-5-15-9-16(33)10-18(21(15)17)23-22(28)24-19(11-29-23)25(31-26(30-24)34-3)32-7-8-35-13-14(2)12-32;2*8-6-4-7-2-1-3-9(7)5-6/h1,4-5,7-9,13,16,33H,6,10-12H2,2H3;1,5-6,9-11,14,33H,7-8,12-13H2,2-3H3;2*6-7H,1-5H2. The van der Waals surface area contributed by atoms with Gasteiger partial charge >= 0.3 is 12.0 Å². The van der Waals surface area contributed by atoms with Crippen molar-refractivity contribution < 1.29 is 55.5 Å². The van der Waals surface area contributed by atoms with Gasteiger partial charge in [-0.1, -0.05) is 30.9 Å². The van der Waals surface area contributed by atoms with Gasteiger partial charge in [0.2, 0.25) is 0 Å². The van der Waals surface area contributed by atoms with E-state index in [0.717, 1.165) is 38.9 Å². The maximum absolute atomic E-state index is 16.1. The van der Waals surface area contributed by atoms with Crippen molar-refractivity contribution >= 4 is 55.0 Å². The monoisotopic (exact) mass is 1210 g/mol. The van der Waals surface area contributed by atoms with Crippen LogP contribution in [0.1, 0.15) is 63.0 Å². The van der Waals surface area contributed by atoms with Crippen LogP contribution in [0.4, 0.5) is 38.0 Å². The van der Waals surface area contributed by atoms with E-state index in [1.807, 2.05) is 4.90 Å². The topological polar surface area (TPSA) is 168 Å². The minimum atomic E-state index is -0.761. The van der Waals surface area contributed by atoms with Crippen LogP contribution in [0.25, 0.3) is 65.9 Å². The number of benzene rings is 4. The molecule has 7 aliphatic heterocycles. The van der Waals surface area contributed by atoms with Crippen LogP contribution in [0.3, 0.4) is 0 Å². The Labute approximate surface area is 504 Å². The van der Waals surface area contributed by atoms with Gasteiger partial charge in [-0.15, -0.1) is 12.8 Å². The van der Waals surface area contributed by atoms with Crippen molar-refractivity contribution in [1.82, 2.24) is 39.7 Å². The number of hydrogen-bond acceptors (Lipinski definition) is 16. The summed E-state index contributed by atoms with van der Waals surface area (Å²) in [6, 6.07) is 12.1. The number of piperidine rings is 1. The number of rotatable bonds is 6. The van der Waals surface area contributed by atoms with Gasteiger partial charge in [-0.05, 0) is 111 Å². The van der Waals surface area contributed by atoms with Crippen LogP contribution in [0.15, 0.2) is 60.9 Å². The molecule has 88 heavy (non-hydrogen) atoms. The van der Waals surface area contributed by atoms with Crippen molar-refractivity contribution in [3.63, 3.8) is 0 Å². The summed E-state index contributed by atoms with van der Waals surface area (Å²) in [5.74, 6) is 3.25. The average Bonchev–Trinajstić information content (AvgIpc) is 3.74. The number of aromatic hydroxyl groups is 2. The lowest BCUT2D eigenvalue weighted by molar-refractivity contribution is 0.119. The SMILES string of the molecule is C#Cc1c(F)ccc2cc(O)cc(-c3ncc4c(N5CC6COC(C6)C5)nc(OC)nc4c3F)c12.C#Cc1c(F)ccc2cc(O)cc(-c3ncc4c(N5CCOCC(C)C5)nc(OC)nc4c3F)c12.FC1CC2CCCN2C1.FC1CC2CCCN2C1. The van der Waals surface area contributed by atoms with Crippen LogP contribution in [0.2, 0.25) is 0 Å². The van der Waals surface area contributed by atoms with Crippen molar-refractivity contribution in [3.05, 3.63) is 95.3 Å². The number of aromatic nitrogens is 6. The molecule has 11 heterocycles. The normalized spacial score (nSPS) is 23.1. The first-order valence-corrected chi connectivity index (χ1v) is 29.7. The number of hydrogen-bond donors (Lipinski definition) is 2. The summed E-state index contributed by atoms with van der Waals surface area (Å²) in [5.41, 5.74) is -0.00953. The van der Waals surface area contributed by atoms with Gasteiger partial charge in [0.15, 0.2) is 11.6 Å². The molecular weight excluding hydrogens is 1140 g/mol. The molecule has 7 unspecified atom stereocenters. The molecule has 4 aromatic carbocycles. The summed E-state index contributed by atoms with van der Waals surface area (Å²) in [6.45, 7) is 10.1. The molecule has 7 atom stereocenters. The van der Waals surface area contributed by atoms with Gasteiger partial charge in [0.05, 0.1) is 62.0 Å². The van der Waals surface area contributed by atoms with E-state index in [1.54, 1.807) is 0 Å². The Balaban J connectivity index is 0.000000133. The predicted octanol–water partition coefficient (Wildman–Crippen LogP) is 10.7. The Morgan fingerprint density at radius 2 is 1.12 bits per heavy atom. The van der Waals surface area contributed by atoms with Gasteiger partial charge < -0.3 is 39.0 Å². The highest BCUT2D eigenvalue weighted by Gasteiger charge is 2.38. The summed E-state index contributed by atoms with van der Waals surface area (Å²) < 4.78 is 108. The van der Waals surface area contributed by atoms with Gasteiger partial charge in [-0.3, -0.25) is 19.8 Å². The van der Waals surface area contributed by atoms with Crippen LogP contribution >= 0.6 is 0 Å². The third-order valence-electron chi connectivity index (χ3n) is 17.6. The molecule has 0 aliphatic carbocycles. The number of terminal acetylenes is 2. The molecule has 8 aromatic rings. The Morgan fingerprint density at radius 1 is 0.614 bits per heavy atom. The van der Waals surface area contributed by atoms with E-state index in [9.17, 15) is 27.8 Å². The number of nitrogens with zero attached hydrogens (tertiary/aromatic N) is 10. The van der Waals surface area contributed by atoms with Crippen molar-refractivity contribution in [2.24, 2.45) is 11.8 Å². The van der Waals surface area contributed by atoms with E-state index >= 15 is 8.78 Å². The fourth-order valence-electron chi connectivity index (χ4n) is 13.7. The van der Waals surface area contributed by atoms with Crippen LogP contribution < -0.4 is 19.3 Å². The van der Waals surface area contributed by atoms with Gasteiger partial charge in [-0.25, -0.2) is 26.3 Å². The van der Waals surface area contributed by atoms with Crippen LogP contribution in [-0.2, 0) is 9.47 Å². The molecule has 7 aliphatic rings. The zero-order valence-electron chi connectivity index (χ0n) is 49.0. The van der Waals surface area contributed by atoms with Crippen molar-refractivity contribution in [2.75, 3.05) is 96.2 Å². The maximum Gasteiger partial charge on any atom is 0.318 e. The quantitative estimate of drug-likeness (QED) is 0.119. The number of halogens is 6. The highest BCUT2D eigenvalue weighted by molar-refractivity contribution is 6.04. The summed E-state index contributed by atoms with van der Waals surface area (Å²) in [6.07, 6.45) is 20.8. The van der Waals surface area contributed by atoms with Gasteiger partial charge in [0.1, 0.15) is 69.5 Å². The zero-order chi connectivity index (χ0) is 61.5. The largest absolute Gasteiger partial charge is 0.508 e. The van der Waals surface area contributed by atoms with Crippen molar-refractivity contribution in [3.8, 4) is 70.7 Å². The van der Waals surface area contributed by atoms with E-state index in [4.69, 9.17) is 31.8 Å². The lowest BCUT2D eigenvalue weighted by atomic mass is 9.95. The number of fused-ring (bicyclic) bond motifs is 8. The molecule has 0 radical (unpaired) electrons. The number of methoxy groups -OCH3 is 2. The average molecular weight is 1210 g/mol. The molecule has 16 nitrogen and oxygen atoms in total. The Hall–Kier alpha value is -8.28. The molecule has 15 rings (SSSR count). The molecule has 4 aromatic heterocycles. The fourth-order valence-corrected chi connectivity index (χ4v) is 13.7. The third kappa shape index (κ3) is 11.9. The van der Waals surface area contributed by atoms with E-state index < -0.39 is 35.6 Å². The predicted molar refractivity (Wildman–Crippen MR) is 323 cm³/mol. The number of pyridine rings is 2. The molecule has 0 spiro atoms. The number of alkyl halides is 2. The number of ether oxygens (including phenoxy) is 4. The Bertz CT molecular complexity index is 3790. The van der Waals surface area contributed by atoms with Crippen LogP contribution in [0, 0.1) is 59.8 Å². The summed E-state index contributed by atoms with van der Waals surface area (Å²) >= 11 is 0. The second-order valence-electron chi connectivity index (χ2n) is 23.6. The molecule has 2 N–H and O–H groups in total. The van der Waals surface area contributed by atoms with Crippen molar-refractivity contribution in [1.29, 1.82) is 0 Å². The molecule has 0 saturated carbocycles. The summed E-state index contributed by atoms with van der Waals surface area (Å²) in [5, 5.41) is 22.9. The highest BCUT2D eigenvalue weighted by atomic mass is 19.2. The Kier molecular flexibility index (Phi) is 17.4. The number of phenolic OH excluding ortho intramolecular Hbond substituents is 2. The molecule has 2 bridgehead atoms. The third-order valence-corrected chi connectivity index (χ3v) is 17.6. The first-order chi connectivity index (χ1) is 42.6. The highest BCUT2D eigenvalue weighted by Crippen LogP contribution is 2.42. The van der Waals surface area contributed by atoms with Gasteiger partial charge in [0.25, 0.3) is 0 Å². The minimum absolute atomic E-state index is 0.00232. The first-order valence-electron chi connectivity index (χ1n) is 29.7. The van der Waals surface area contributed by atoms with E-state index in [2.05, 4.69) is 63.4 Å². The Morgan fingerprint density at radius 3 is 1.60 bits per heavy atom. The minimum Gasteiger partial charge on any atom is -0.508 e. The van der Waals surface area contributed by atoms with Crippen LogP contribution in [0.5, 0.6) is 23.5 Å². The molecule has 7 fully saturated rings. The fraction of sp³-hybridized carbons (Fsp3) is 0.424. The molecule has 458 valence electrons. The van der Waals surface area contributed by atoms with E-state index in [0.29, 0.717) is 104 Å². The van der Waals surface area contributed by atoms with E-state index in [-0.39, 0.29) is 91.0 Å². The molecule has 0 amide bonds. The second-order valence-corrected chi connectivity index (χ2v) is 23.6. The molecule has 22 heteroatoms. The number of anilines is 2. The summed E-state index contributed by atoms with van der Waals surface area (Å²) in [4.78, 5) is 34.9. The smallest absolute Gasteiger partial charge is 0.318 e. The first kappa shape index (κ1) is 60.0.